The van der Waals surface area contributed by atoms with Crippen LogP contribution in [0.3, 0.4) is 0 Å². The van der Waals surface area contributed by atoms with E-state index in [9.17, 15) is 4.79 Å². The fraction of sp³-hybridized carbons (Fsp3) is 0.529. The molecule has 0 unspecified atom stereocenters. The molecule has 0 heterocycles. The summed E-state index contributed by atoms with van der Waals surface area (Å²) in [4.78, 5) is 15.5. The molecule has 0 saturated carbocycles. The van der Waals surface area contributed by atoms with Gasteiger partial charge in [0.25, 0.3) is 0 Å². The number of anilines is 1. The maximum atomic E-state index is 11.3. The first-order valence-corrected chi connectivity index (χ1v) is 7.75. The zero-order chi connectivity index (χ0) is 18.2. The summed E-state index contributed by atoms with van der Waals surface area (Å²) in [7, 11) is 4.96. The molecule has 0 aromatic heterocycles. The Balaban J connectivity index is 2.70. The van der Waals surface area contributed by atoms with E-state index in [2.05, 4.69) is 20.9 Å². The highest BCUT2D eigenvalue weighted by atomic mass is 16.5. The minimum absolute atomic E-state index is 0.141. The Kier molecular flexibility index (Phi) is 7.51. The van der Waals surface area contributed by atoms with Crippen LogP contribution in [0, 0.1) is 0 Å². The summed E-state index contributed by atoms with van der Waals surface area (Å²) in [5, 5.41) is 9.21. The van der Waals surface area contributed by atoms with Crippen molar-refractivity contribution in [3.05, 3.63) is 23.8 Å². The minimum atomic E-state index is -0.281. The molecule has 7 heteroatoms. The predicted molar refractivity (Wildman–Crippen MR) is 96.6 cm³/mol. The summed E-state index contributed by atoms with van der Waals surface area (Å²) >= 11 is 0. The second-order valence-corrected chi connectivity index (χ2v) is 5.96. The number of nitrogens with one attached hydrogen (secondary N) is 3. The number of hydrogen-bond donors (Lipinski definition) is 3. The van der Waals surface area contributed by atoms with E-state index in [0.717, 1.165) is 5.56 Å². The van der Waals surface area contributed by atoms with Gasteiger partial charge in [0.15, 0.2) is 5.96 Å². The van der Waals surface area contributed by atoms with E-state index in [-0.39, 0.29) is 11.5 Å². The van der Waals surface area contributed by atoms with Crippen LogP contribution in [0.25, 0.3) is 0 Å². The molecule has 0 aliphatic carbocycles. The van der Waals surface area contributed by atoms with Crippen LogP contribution >= 0.6 is 0 Å². The first kappa shape index (κ1) is 19.8. The van der Waals surface area contributed by atoms with Crippen LogP contribution in [0.5, 0.6) is 5.75 Å². The molecule has 1 rings (SSSR count). The lowest BCUT2D eigenvalue weighted by Gasteiger charge is -2.24. The van der Waals surface area contributed by atoms with Gasteiger partial charge in [-0.3, -0.25) is 9.79 Å². The van der Waals surface area contributed by atoms with Crippen LogP contribution in [0.15, 0.2) is 23.2 Å². The lowest BCUT2D eigenvalue weighted by Crippen LogP contribution is -2.45. The van der Waals surface area contributed by atoms with Gasteiger partial charge >= 0.3 is 0 Å². The largest absolute Gasteiger partial charge is 0.495 e. The number of amides is 1. The molecule has 0 bridgehead atoms. The van der Waals surface area contributed by atoms with Gasteiger partial charge in [0, 0.05) is 34.2 Å². The number of ether oxygens (including phenoxy) is 2. The molecule has 0 aliphatic rings. The molecule has 0 saturated heterocycles. The third-order valence-electron chi connectivity index (χ3n) is 3.49. The zero-order valence-corrected chi connectivity index (χ0v) is 15.3. The molecule has 0 spiro atoms. The Labute approximate surface area is 143 Å². The highest BCUT2D eigenvalue weighted by Gasteiger charge is 2.16. The zero-order valence-electron chi connectivity index (χ0n) is 15.3. The second kappa shape index (κ2) is 9.12. The van der Waals surface area contributed by atoms with E-state index in [1.54, 1.807) is 21.3 Å². The van der Waals surface area contributed by atoms with E-state index in [1.165, 1.54) is 6.92 Å². The highest BCUT2D eigenvalue weighted by molar-refractivity contribution is 5.90. The van der Waals surface area contributed by atoms with E-state index in [4.69, 9.17) is 9.47 Å². The van der Waals surface area contributed by atoms with E-state index in [1.807, 2.05) is 32.0 Å². The number of nitrogens with zero attached hydrogens (tertiary/aromatic N) is 1. The predicted octanol–water partition coefficient (Wildman–Crippen LogP) is 1.74. The van der Waals surface area contributed by atoms with Gasteiger partial charge in [0.2, 0.25) is 5.91 Å². The number of carbonyl (C=O) groups excluding carboxylic acids is 1. The van der Waals surface area contributed by atoms with Gasteiger partial charge in [0.1, 0.15) is 5.75 Å². The normalized spacial score (nSPS) is 11.8. The lowest BCUT2D eigenvalue weighted by atomic mass is 10.1. The average molecular weight is 336 g/mol. The molecule has 0 atom stereocenters. The second-order valence-electron chi connectivity index (χ2n) is 5.96. The molecule has 1 aromatic carbocycles. The van der Waals surface area contributed by atoms with Crippen molar-refractivity contribution in [1.29, 1.82) is 0 Å². The SMILES string of the molecule is CN=C(NCc1ccc(OC)c(NC(C)=O)c1)NCC(C)(C)OC. The number of rotatable bonds is 7. The third kappa shape index (κ3) is 6.45. The van der Waals surface area contributed by atoms with Crippen molar-refractivity contribution in [2.24, 2.45) is 4.99 Å². The Hall–Kier alpha value is -2.28. The van der Waals surface area contributed by atoms with Crippen molar-refractivity contribution in [3.63, 3.8) is 0 Å². The summed E-state index contributed by atoms with van der Waals surface area (Å²) in [5.41, 5.74) is 1.36. The maximum Gasteiger partial charge on any atom is 0.221 e. The van der Waals surface area contributed by atoms with Gasteiger partial charge in [-0.2, -0.15) is 0 Å². The van der Waals surface area contributed by atoms with Gasteiger partial charge < -0.3 is 25.4 Å². The van der Waals surface area contributed by atoms with Gasteiger partial charge in [-0.1, -0.05) is 6.07 Å². The quantitative estimate of drug-likeness (QED) is 0.522. The van der Waals surface area contributed by atoms with Crippen LogP contribution < -0.4 is 20.7 Å². The van der Waals surface area contributed by atoms with Crippen molar-refractivity contribution in [2.45, 2.75) is 32.9 Å². The van der Waals surface area contributed by atoms with Crippen LogP contribution in [0.4, 0.5) is 5.69 Å². The molecule has 1 aromatic rings. The van der Waals surface area contributed by atoms with Crippen LogP contribution in [0.2, 0.25) is 0 Å². The number of guanidine groups is 1. The first-order chi connectivity index (χ1) is 11.3. The summed E-state index contributed by atoms with van der Waals surface area (Å²) in [5.74, 6) is 1.16. The molecule has 0 fully saturated rings. The first-order valence-electron chi connectivity index (χ1n) is 7.75. The molecule has 1 amide bonds. The monoisotopic (exact) mass is 336 g/mol. The smallest absolute Gasteiger partial charge is 0.221 e. The van der Waals surface area contributed by atoms with Gasteiger partial charge in [-0.15, -0.1) is 0 Å². The number of hydrogen-bond acceptors (Lipinski definition) is 4. The molecular weight excluding hydrogens is 308 g/mol. The Morgan fingerprint density at radius 1 is 1.25 bits per heavy atom. The summed E-state index contributed by atoms with van der Waals surface area (Å²) in [6.45, 7) is 6.65. The van der Waals surface area contributed by atoms with E-state index >= 15 is 0 Å². The molecular formula is C17H28N4O3. The number of aliphatic imine (C=N–C) groups is 1. The van der Waals surface area contributed by atoms with Crippen LogP contribution in [0.1, 0.15) is 26.3 Å². The molecule has 3 N–H and O–H groups in total. The summed E-state index contributed by atoms with van der Waals surface area (Å²) in [6, 6.07) is 5.63. The third-order valence-corrected chi connectivity index (χ3v) is 3.49. The molecule has 0 radical (unpaired) electrons. The van der Waals surface area contributed by atoms with Crippen LogP contribution in [-0.4, -0.2) is 45.3 Å². The Morgan fingerprint density at radius 3 is 2.50 bits per heavy atom. The molecule has 0 aliphatic heterocycles. The van der Waals surface area contributed by atoms with Crippen molar-refractivity contribution in [3.8, 4) is 5.75 Å². The van der Waals surface area contributed by atoms with Gasteiger partial charge in [0.05, 0.1) is 18.4 Å². The van der Waals surface area contributed by atoms with Crippen molar-refractivity contribution >= 4 is 17.6 Å². The average Bonchev–Trinajstić information content (AvgIpc) is 2.54. The van der Waals surface area contributed by atoms with Crippen molar-refractivity contribution in [2.75, 3.05) is 33.1 Å². The maximum absolute atomic E-state index is 11.3. The fourth-order valence-corrected chi connectivity index (χ4v) is 1.93. The van der Waals surface area contributed by atoms with Gasteiger partial charge in [-0.25, -0.2) is 0 Å². The van der Waals surface area contributed by atoms with Crippen molar-refractivity contribution in [1.82, 2.24) is 10.6 Å². The Bertz CT molecular complexity index is 585. The standard InChI is InChI=1S/C17H28N4O3/c1-12(22)21-14-9-13(7-8-15(14)23-5)10-19-16(18-4)20-11-17(2,3)24-6/h7-9H,10-11H2,1-6H3,(H,21,22)(H2,18,19,20). The molecule has 7 nitrogen and oxygen atoms in total. The fourth-order valence-electron chi connectivity index (χ4n) is 1.93. The number of methoxy groups -OCH3 is 2. The molecule has 134 valence electrons. The van der Waals surface area contributed by atoms with E-state index < -0.39 is 0 Å². The van der Waals surface area contributed by atoms with Crippen molar-refractivity contribution < 1.29 is 14.3 Å². The number of benzene rings is 1. The number of carbonyl (C=O) groups is 1. The summed E-state index contributed by atoms with van der Waals surface area (Å²) < 4.78 is 10.6. The highest BCUT2D eigenvalue weighted by Crippen LogP contribution is 2.25. The van der Waals surface area contributed by atoms with E-state index in [0.29, 0.717) is 30.5 Å². The van der Waals surface area contributed by atoms with Gasteiger partial charge in [-0.05, 0) is 31.5 Å². The lowest BCUT2D eigenvalue weighted by molar-refractivity contribution is -0.114. The van der Waals surface area contributed by atoms with Crippen LogP contribution in [-0.2, 0) is 16.1 Å². The Morgan fingerprint density at radius 2 is 1.96 bits per heavy atom. The minimum Gasteiger partial charge on any atom is -0.495 e. The topological polar surface area (TPSA) is 84.0 Å². The summed E-state index contributed by atoms with van der Waals surface area (Å²) in [6.07, 6.45) is 0. The molecule has 24 heavy (non-hydrogen) atoms.